The molecule has 1 amide bonds. The molecule has 2 aromatic rings. The molecule has 0 aromatic carbocycles. The van der Waals surface area contributed by atoms with E-state index in [9.17, 15) is 18.0 Å². The van der Waals surface area contributed by atoms with E-state index in [1.54, 1.807) is 17.8 Å². The first-order valence-corrected chi connectivity index (χ1v) is 8.05. The zero-order chi connectivity index (χ0) is 18.9. The maximum atomic E-state index is 12.8. The molecule has 2 heterocycles. The van der Waals surface area contributed by atoms with Crippen molar-refractivity contribution in [3.8, 4) is 0 Å². The fourth-order valence-corrected chi connectivity index (χ4v) is 2.81. The van der Waals surface area contributed by atoms with E-state index in [4.69, 9.17) is 11.6 Å². The van der Waals surface area contributed by atoms with Gasteiger partial charge in [0.2, 0.25) is 5.91 Å². The van der Waals surface area contributed by atoms with Crippen molar-refractivity contribution >= 4 is 17.5 Å². The van der Waals surface area contributed by atoms with E-state index in [-0.39, 0.29) is 18.3 Å². The summed E-state index contributed by atoms with van der Waals surface area (Å²) >= 11 is 5.68. The number of alkyl halides is 3. The molecule has 0 aliphatic heterocycles. The molecule has 1 atom stereocenters. The second-order valence-electron chi connectivity index (χ2n) is 5.69. The lowest BCUT2D eigenvalue weighted by Crippen LogP contribution is -2.31. The Labute approximate surface area is 147 Å². The van der Waals surface area contributed by atoms with Crippen molar-refractivity contribution in [3.05, 3.63) is 33.9 Å². The molecule has 2 aromatic heterocycles. The number of nitrogens with zero attached hydrogens (tertiary/aromatic N) is 4. The molecule has 0 spiro atoms. The molecule has 0 fully saturated rings. The van der Waals surface area contributed by atoms with Crippen LogP contribution in [0.25, 0.3) is 0 Å². The number of halogens is 4. The van der Waals surface area contributed by atoms with E-state index < -0.39 is 22.8 Å². The maximum Gasteiger partial charge on any atom is 0.436 e. The molecule has 6 nitrogen and oxygen atoms in total. The number of amides is 1. The molecule has 138 valence electrons. The number of carbonyl (C=O) groups excluding carboxylic acids is 1. The van der Waals surface area contributed by atoms with Crippen molar-refractivity contribution < 1.29 is 18.0 Å². The Bertz CT molecular complexity index is 781. The third kappa shape index (κ3) is 3.97. The van der Waals surface area contributed by atoms with Gasteiger partial charge >= 0.3 is 6.18 Å². The summed E-state index contributed by atoms with van der Waals surface area (Å²) in [7, 11) is 0. The van der Waals surface area contributed by atoms with E-state index in [1.165, 1.54) is 6.92 Å². The molecule has 2 rings (SSSR count). The van der Waals surface area contributed by atoms with E-state index in [2.05, 4.69) is 15.5 Å². The van der Waals surface area contributed by atoms with Crippen LogP contribution in [0.2, 0.25) is 5.02 Å². The van der Waals surface area contributed by atoms with Crippen LogP contribution in [-0.2, 0) is 24.1 Å². The van der Waals surface area contributed by atoms with Crippen molar-refractivity contribution in [1.29, 1.82) is 0 Å². The van der Waals surface area contributed by atoms with Crippen molar-refractivity contribution in [1.82, 2.24) is 24.9 Å². The molecule has 0 aliphatic carbocycles. The first-order valence-electron chi connectivity index (χ1n) is 7.68. The Morgan fingerprint density at radius 2 is 1.96 bits per heavy atom. The Morgan fingerprint density at radius 1 is 1.32 bits per heavy atom. The van der Waals surface area contributed by atoms with Gasteiger partial charge in [0.05, 0.1) is 23.0 Å². The highest BCUT2D eigenvalue weighted by Crippen LogP contribution is 2.35. The van der Waals surface area contributed by atoms with Gasteiger partial charge in [0.1, 0.15) is 6.54 Å². The standard InChI is InChI=1S/C15H19ClF3N5O/c1-5-23-9(3)11(6-20-23)8(2)21-12(25)7-24-10(4)13(16)14(22-24)15(17,18)19/h6,8H,5,7H2,1-4H3,(H,21,25). The van der Waals surface area contributed by atoms with Crippen LogP contribution in [0.1, 0.15) is 42.5 Å². The maximum absolute atomic E-state index is 12.8. The normalized spacial score (nSPS) is 13.1. The van der Waals surface area contributed by atoms with Gasteiger partial charge in [-0.25, -0.2) is 0 Å². The largest absolute Gasteiger partial charge is 0.436 e. The Morgan fingerprint density at radius 3 is 2.44 bits per heavy atom. The summed E-state index contributed by atoms with van der Waals surface area (Å²) in [5.74, 6) is -0.466. The second-order valence-corrected chi connectivity index (χ2v) is 6.07. The van der Waals surface area contributed by atoms with Crippen molar-refractivity contribution in [2.24, 2.45) is 0 Å². The first kappa shape index (κ1) is 19.3. The molecule has 0 saturated carbocycles. The molecule has 1 unspecified atom stereocenters. The van der Waals surface area contributed by atoms with Gasteiger partial charge in [-0.2, -0.15) is 23.4 Å². The van der Waals surface area contributed by atoms with Crippen LogP contribution in [0.5, 0.6) is 0 Å². The lowest BCUT2D eigenvalue weighted by molar-refractivity contribution is -0.141. The SMILES string of the molecule is CCn1ncc(C(C)NC(=O)Cn2nc(C(F)(F)F)c(Cl)c2C)c1C. The monoisotopic (exact) mass is 377 g/mol. The highest BCUT2D eigenvalue weighted by molar-refractivity contribution is 6.32. The van der Waals surface area contributed by atoms with Gasteiger partial charge in [-0.15, -0.1) is 0 Å². The van der Waals surface area contributed by atoms with Crippen LogP contribution < -0.4 is 5.32 Å². The lowest BCUT2D eigenvalue weighted by Gasteiger charge is -2.14. The topological polar surface area (TPSA) is 64.7 Å². The zero-order valence-corrected chi connectivity index (χ0v) is 15.0. The molecule has 0 saturated heterocycles. The Hall–Kier alpha value is -2.03. The molecular formula is C15H19ClF3N5O. The van der Waals surface area contributed by atoms with E-state index >= 15 is 0 Å². The number of carbonyl (C=O) groups is 1. The molecule has 10 heteroatoms. The minimum atomic E-state index is -4.66. The molecule has 25 heavy (non-hydrogen) atoms. The molecule has 0 bridgehead atoms. The highest BCUT2D eigenvalue weighted by Gasteiger charge is 2.38. The third-order valence-electron chi connectivity index (χ3n) is 3.98. The Kier molecular flexibility index (Phi) is 5.46. The second kappa shape index (κ2) is 7.07. The summed E-state index contributed by atoms with van der Waals surface area (Å²) < 4.78 is 41.2. The summed E-state index contributed by atoms with van der Waals surface area (Å²) in [6.45, 7) is 7.37. The number of aromatic nitrogens is 4. The van der Waals surface area contributed by atoms with Gasteiger partial charge in [-0.05, 0) is 27.7 Å². The summed E-state index contributed by atoms with van der Waals surface area (Å²) in [5.41, 5.74) is 0.675. The molecule has 0 radical (unpaired) electrons. The van der Waals surface area contributed by atoms with Crippen LogP contribution >= 0.6 is 11.6 Å². The average molecular weight is 378 g/mol. The quantitative estimate of drug-likeness (QED) is 0.869. The lowest BCUT2D eigenvalue weighted by atomic mass is 10.1. The predicted octanol–water partition coefficient (Wildman–Crippen LogP) is 3.27. The highest BCUT2D eigenvalue weighted by atomic mass is 35.5. The minimum Gasteiger partial charge on any atom is -0.348 e. The van der Waals surface area contributed by atoms with Crippen molar-refractivity contribution in [2.45, 2.75) is 53.0 Å². The molecule has 0 aliphatic rings. The summed E-state index contributed by atoms with van der Waals surface area (Å²) in [5, 5.41) is 9.87. The van der Waals surface area contributed by atoms with Crippen LogP contribution in [0, 0.1) is 13.8 Å². The minimum absolute atomic E-state index is 0.0896. The Balaban J connectivity index is 2.11. The van der Waals surface area contributed by atoms with Gasteiger partial charge in [0.25, 0.3) is 0 Å². The van der Waals surface area contributed by atoms with E-state index in [0.29, 0.717) is 6.54 Å². The number of rotatable bonds is 5. The van der Waals surface area contributed by atoms with E-state index in [0.717, 1.165) is 15.9 Å². The summed E-state index contributed by atoms with van der Waals surface area (Å²) in [6.07, 6.45) is -3.00. The van der Waals surface area contributed by atoms with Crippen LogP contribution in [0.3, 0.4) is 0 Å². The van der Waals surface area contributed by atoms with Crippen molar-refractivity contribution in [3.63, 3.8) is 0 Å². The smallest absolute Gasteiger partial charge is 0.348 e. The zero-order valence-electron chi connectivity index (χ0n) is 14.3. The fourth-order valence-electron chi connectivity index (χ4n) is 2.57. The summed E-state index contributed by atoms with van der Waals surface area (Å²) in [4.78, 5) is 12.2. The number of nitrogens with one attached hydrogen (secondary N) is 1. The number of aryl methyl sites for hydroxylation is 1. The van der Waals surface area contributed by atoms with Crippen LogP contribution in [0.4, 0.5) is 13.2 Å². The van der Waals surface area contributed by atoms with Crippen LogP contribution in [0.15, 0.2) is 6.20 Å². The van der Waals surface area contributed by atoms with E-state index in [1.807, 2.05) is 13.8 Å². The average Bonchev–Trinajstić information content (AvgIpc) is 3.01. The van der Waals surface area contributed by atoms with Crippen molar-refractivity contribution in [2.75, 3.05) is 0 Å². The van der Waals surface area contributed by atoms with Gasteiger partial charge in [0, 0.05) is 17.8 Å². The van der Waals surface area contributed by atoms with Gasteiger partial charge < -0.3 is 5.32 Å². The number of hydrogen-bond donors (Lipinski definition) is 1. The molecular weight excluding hydrogens is 359 g/mol. The van der Waals surface area contributed by atoms with Gasteiger partial charge in [-0.3, -0.25) is 14.2 Å². The predicted molar refractivity (Wildman–Crippen MR) is 86.2 cm³/mol. The number of hydrogen-bond acceptors (Lipinski definition) is 3. The first-order chi connectivity index (χ1) is 11.6. The van der Waals surface area contributed by atoms with Crippen LogP contribution in [-0.4, -0.2) is 25.5 Å². The fraction of sp³-hybridized carbons (Fsp3) is 0.533. The molecule has 1 N–H and O–H groups in total. The van der Waals surface area contributed by atoms with Gasteiger partial charge in [0.15, 0.2) is 5.69 Å². The van der Waals surface area contributed by atoms with Gasteiger partial charge in [-0.1, -0.05) is 11.6 Å². The summed E-state index contributed by atoms with van der Waals surface area (Å²) in [6, 6.07) is -0.332. The third-order valence-corrected chi connectivity index (χ3v) is 4.43.